The number of nitrogens with zero attached hydrogens (tertiary/aromatic N) is 2. The molecular formula is C21H24ClF3N2O2. The number of alkyl halides is 4. The number of hydrogen-bond donors (Lipinski definition) is 0. The number of carbonyl (C=O) groups is 1. The molecule has 1 aliphatic rings. The number of rotatable bonds is 5. The van der Waals surface area contributed by atoms with E-state index >= 15 is 0 Å². The number of benzene rings is 1. The van der Waals surface area contributed by atoms with Gasteiger partial charge in [-0.2, -0.15) is 0 Å². The first kappa shape index (κ1) is 21.6. The number of aromatic nitrogens is 1. The van der Waals surface area contributed by atoms with Gasteiger partial charge in [-0.15, -0.1) is 24.8 Å². The minimum absolute atomic E-state index is 0.00834. The molecule has 2 aromatic rings. The molecule has 158 valence electrons. The molecule has 0 spiro atoms. The van der Waals surface area contributed by atoms with Crippen molar-refractivity contribution < 1.29 is 22.7 Å². The maximum atomic E-state index is 12.4. The number of piperidine rings is 1. The fraction of sp³-hybridized carbons (Fsp3) is 0.476. The standard InChI is InChI=1S/C21H24ClF3N2O2/c1-3-19-18(15-8-10-26(11-9-15)20(28)13-22)12-14(2)27(19)16-4-6-17(7-5-16)29-21(23,24)25/h4-7,12,15H,3,8-11,13H2,1-2H3. The first-order chi connectivity index (χ1) is 13.7. The Kier molecular flexibility index (Phi) is 6.46. The van der Waals surface area contributed by atoms with Crippen LogP contribution < -0.4 is 4.74 Å². The summed E-state index contributed by atoms with van der Waals surface area (Å²) in [6.45, 7) is 5.44. The highest BCUT2D eigenvalue weighted by Gasteiger charge is 2.31. The number of ether oxygens (including phenoxy) is 1. The predicted octanol–water partition coefficient (Wildman–Crippen LogP) is 5.19. The summed E-state index contributed by atoms with van der Waals surface area (Å²) < 4.78 is 43.2. The average molecular weight is 429 g/mol. The van der Waals surface area contributed by atoms with Crippen LogP contribution in [-0.4, -0.2) is 40.7 Å². The van der Waals surface area contributed by atoms with Gasteiger partial charge in [0.05, 0.1) is 0 Å². The third kappa shape index (κ3) is 4.89. The van der Waals surface area contributed by atoms with Crippen LogP contribution >= 0.6 is 11.6 Å². The van der Waals surface area contributed by atoms with Gasteiger partial charge >= 0.3 is 6.36 Å². The summed E-state index contributed by atoms with van der Waals surface area (Å²) in [5.74, 6) is 0.0857. The Balaban J connectivity index is 1.83. The summed E-state index contributed by atoms with van der Waals surface area (Å²) in [5, 5.41) is 0. The molecule has 1 aromatic carbocycles. The molecule has 29 heavy (non-hydrogen) atoms. The molecular weight excluding hydrogens is 405 g/mol. The van der Waals surface area contributed by atoms with Gasteiger partial charge in [0, 0.05) is 30.2 Å². The lowest BCUT2D eigenvalue weighted by Crippen LogP contribution is -2.38. The Hall–Kier alpha value is -2.15. The van der Waals surface area contributed by atoms with E-state index in [1.807, 2.05) is 6.92 Å². The number of hydrogen-bond acceptors (Lipinski definition) is 2. The van der Waals surface area contributed by atoms with Crippen molar-refractivity contribution in [3.05, 3.63) is 47.3 Å². The topological polar surface area (TPSA) is 34.5 Å². The second-order valence-electron chi connectivity index (χ2n) is 7.21. The second-order valence-corrected chi connectivity index (χ2v) is 7.47. The normalized spacial score (nSPS) is 15.6. The SMILES string of the molecule is CCc1c(C2CCN(C(=O)CCl)CC2)cc(C)n1-c1ccc(OC(F)(F)F)cc1. The van der Waals surface area contributed by atoms with Gasteiger partial charge in [0.25, 0.3) is 0 Å². The van der Waals surface area contributed by atoms with Crippen molar-refractivity contribution in [2.45, 2.75) is 45.4 Å². The number of likely N-dealkylation sites (tertiary alicyclic amines) is 1. The van der Waals surface area contributed by atoms with Crippen molar-refractivity contribution in [3.8, 4) is 11.4 Å². The molecule has 0 unspecified atom stereocenters. The minimum atomic E-state index is -4.70. The van der Waals surface area contributed by atoms with Crippen LogP contribution in [0.15, 0.2) is 30.3 Å². The molecule has 0 aliphatic carbocycles. The molecule has 2 heterocycles. The van der Waals surface area contributed by atoms with E-state index < -0.39 is 6.36 Å². The summed E-state index contributed by atoms with van der Waals surface area (Å²) in [6.07, 6.45) is -2.16. The lowest BCUT2D eigenvalue weighted by atomic mass is 9.88. The third-order valence-electron chi connectivity index (χ3n) is 5.39. The summed E-state index contributed by atoms with van der Waals surface area (Å²) in [4.78, 5) is 13.6. The molecule has 4 nitrogen and oxygen atoms in total. The predicted molar refractivity (Wildman–Crippen MR) is 106 cm³/mol. The van der Waals surface area contributed by atoms with Crippen molar-refractivity contribution in [1.29, 1.82) is 0 Å². The first-order valence-corrected chi connectivity index (χ1v) is 10.2. The number of halogens is 4. The largest absolute Gasteiger partial charge is 0.573 e. The van der Waals surface area contributed by atoms with Crippen LogP contribution in [0.1, 0.15) is 42.6 Å². The van der Waals surface area contributed by atoms with Gasteiger partial charge in [-0.1, -0.05) is 6.92 Å². The van der Waals surface area contributed by atoms with Crippen LogP contribution in [0.25, 0.3) is 5.69 Å². The molecule has 1 saturated heterocycles. The van der Waals surface area contributed by atoms with Gasteiger partial charge in [0.2, 0.25) is 5.91 Å². The zero-order valence-electron chi connectivity index (χ0n) is 16.4. The quantitative estimate of drug-likeness (QED) is 0.614. The van der Waals surface area contributed by atoms with E-state index in [-0.39, 0.29) is 17.5 Å². The van der Waals surface area contributed by atoms with Gasteiger partial charge in [-0.05, 0) is 68.0 Å². The lowest BCUT2D eigenvalue weighted by molar-refractivity contribution is -0.274. The van der Waals surface area contributed by atoms with E-state index in [1.54, 1.807) is 17.0 Å². The fourth-order valence-electron chi connectivity index (χ4n) is 4.11. The Morgan fingerprint density at radius 2 is 1.83 bits per heavy atom. The van der Waals surface area contributed by atoms with E-state index in [4.69, 9.17) is 11.6 Å². The fourth-order valence-corrected chi connectivity index (χ4v) is 4.28. The zero-order chi connectivity index (χ0) is 21.2. The number of carbonyl (C=O) groups excluding carboxylic acids is 1. The van der Waals surface area contributed by atoms with Gasteiger partial charge in [0.1, 0.15) is 11.6 Å². The minimum Gasteiger partial charge on any atom is -0.406 e. The van der Waals surface area contributed by atoms with Crippen LogP contribution in [-0.2, 0) is 11.2 Å². The second kappa shape index (κ2) is 8.69. The van der Waals surface area contributed by atoms with Crippen LogP contribution in [0, 0.1) is 6.92 Å². The van der Waals surface area contributed by atoms with Crippen molar-refractivity contribution in [2.75, 3.05) is 19.0 Å². The van der Waals surface area contributed by atoms with Crippen molar-refractivity contribution in [1.82, 2.24) is 9.47 Å². The first-order valence-electron chi connectivity index (χ1n) is 9.64. The lowest BCUT2D eigenvalue weighted by Gasteiger charge is -2.32. The van der Waals surface area contributed by atoms with Crippen molar-refractivity contribution >= 4 is 17.5 Å². The smallest absolute Gasteiger partial charge is 0.406 e. The Labute approximate surface area is 173 Å². The van der Waals surface area contributed by atoms with E-state index in [0.717, 1.165) is 36.3 Å². The number of amides is 1. The van der Waals surface area contributed by atoms with E-state index in [1.165, 1.54) is 17.7 Å². The van der Waals surface area contributed by atoms with Crippen molar-refractivity contribution in [2.24, 2.45) is 0 Å². The van der Waals surface area contributed by atoms with E-state index in [0.29, 0.717) is 19.0 Å². The monoisotopic (exact) mass is 428 g/mol. The van der Waals surface area contributed by atoms with E-state index in [2.05, 4.69) is 22.3 Å². The molecule has 0 bridgehead atoms. The van der Waals surface area contributed by atoms with Gasteiger partial charge in [0.15, 0.2) is 0 Å². The van der Waals surface area contributed by atoms with Gasteiger partial charge in [-0.3, -0.25) is 4.79 Å². The van der Waals surface area contributed by atoms with Crippen molar-refractivity contribution in [3.63, 3.8) is 0 Å². The molecule has 8 heteroatoms. The highest BCUT2D eigenvalue weighted by atomic mass is 35.5. The molecule has 3 rings (SSSR count). The molecule has 0 atom stereocenters. The van der Waals surface area contributed by atoms with Crippen LogP contribution in [0.4, 0.5) is 13.2 Å². The maximum absolute atomic E-state index is 12.4. The molecule has 0 N–H and O–H groups in total. The summed E-state index contributed by atoms with van der Waals surface area (Å²) in [6, 6.07) is 8.09. The summed E-state index contributed by atoms with van der Waals surface area (Å²) in [5.41, 5.74) is 4.23. The van der Waals surface area contributed by atoms with E-state index in [9.17, 15) is 18.0 Å². The molecule has 1 fully saturated rings. The summed E-state index contributed by atoms with van der Waals surface area (Å²) in [7, 11) is 0. The van der Waals surface area contributed by atoms with Gasteiger partial charge in [-0.25, -0.2) is 0 Å². The molecule has 1 amide bonds. The molecule has 1 aromatic heterocycles. The van der Waals surface area contributed by atoms with Crippen LogP contribution in [0.2, 0.25) is 0 Å². The Morgan fingerprint density at radius 3 is 2.34 bits per heavy atom. The summed E-state index contributed by atoms with van der Waals surface area (Å²) >= 11 is 5.66. The molecule has 1 aliphatic heterocycles. The number of aryl methyl sites for hydroxylation is 1. The maximum Gasteiger partial charge on any atom is 0.573 e. The highest BCUT2D eigenvalue weighted by Crippen LogP contribution is 2.35. The third-order valence-corrected chi connectivity index (χ3v) is 5.61. The Morgan fingerprint density at radius 1 is 1.21 bits per heavy atom. The highest BCUT2D eigenvalue weighted by molar-refractivity contribution is 6.27. The molecule has 0 radical (unpaired) electrons. The zero-order valence-corrected chi connectivity index (χ0v) is 17.2. The molecule has 0 saturated carbocycles. The Bertz CT molecular complexity index is 854. The van der Waals surface area contributed by atoms with Crippen LogP contribution in [0.3, 0.4) is 0 Å². The van der Waals surface area contributed by atoms with Crippen LogP contribution in [0.5, 0.6) is 5.75 Å². The average Bonchev–Trinajstić information content (AvgIpc) is 3.03. The van der Waals surface area contributed by atoms with Gasteiger partial charge < -0.3 is 14.2 Å².